The molecule has 3 aromatic heterocycles. The topological polar surface area (TPSA) is 11.6 Å². The van der Waals surface area contributed by atoms with Crippen molar-refractivity contribution in [3.05, 3.63) is 178 Å². The van der Waals surface area contributed by atoms with Crippen molar-refractivity contribution < 1.29 is 13.7 Å². The highest BCUT2D eigenvalue weighted by Gasteiger charge is 2.39. The number of nitrogens with zero attached hydrogens (tertiary/aromatic N) is 3. The van der Waals surface area contributed by atoms with Gasteiger partial charge in [-0.2, -0.15) is 0 Å². The van der Waals surface area contributed by atoms with Crippen LogP contribution in [0.25, 0.3) is 66.1 Å². The number of aryl methyl sites for hydroxylation is 5. The molecule has 0 bridgehead atoms. The van der Waals surface area contributed by atoms with E-state index < -0.39 is 24.2 Å². The van der Waals surface area contributed by atoms with Crippen LogP contribution >= 0.6 is 0 Å². The third-order valence-electron chi connectivity index (χ3n) is 27.7. The minimum atomic E-state index is -1.50. The molecule has 99 heavy (non-hydrogen) atoms. The van der Waals surface area contributed by atoms with Crippen LogP contribution in [0.2, 0.25) is 52.9 Å². The normalized spacial score (nSPS) is 16.1. The Hall–Kier alpha value is -5.80. The minimum Gasteiger partial charge on any atom is -0.200 e. The van der Waals surface area contributed by atoms with Gasteiger partial charge in [-0.15, -0.1) is 0 Å². The Morgan fingerprint density at radius 1 is 0.323 bits per heavy atom. The molecule has 0 spiro atoms. The van der Waals surface area contributed by atoms with E-state index >= 15 is 0 Å². The number of hydrogen-bond donors (Lipinski definition) is 0. The van der Waals surface area contributed by atoms with Crippen LogP contribution in [0, 0.1) is 27.7 Å². The second-order valence-corrected chi connectivity index (χ2v) is 49.5. The lowest BCUT2D eigenvalue weighted by atomic mass is 9.84. The second kappa shape index (κ2) is 31.8. The summed E-state index contributed by atoms with van der Waals surface area (Å²) in [6, 6.07) is 54.9. The molecule has 0 radical (unpaired) electrons. The average molecular weight is 1370 g/mol. The zero-order valence-corrected chi connectivity index (χ0v) is 68.6. The Morgan fingerprint density at radius 3 is 0.990 bits per heavy atom. The van der Waals surface area contributed by atoms with E-state index in [1.165, 1.54) is 233 Å². The van der Waals surface area contributed by atoms with Crippen LogP contribution in [0.15, 0.2) is 134 Å². The maximum absolute atomic E-state index is 2.64. The van der Waals surface area contributed by atoms with Crippen molar-refractivity contribution >= 4 is 72.1 Å². The molecular weight excluding hydrogens is 1240 g/mol. The lowest BCUT2D eigenvalue weighted by Gasteiger charge is -2.34. The van der Waals surface area contributed by atoms with Crippen LogP contribution in [0.1, 0.15) is 254 Å². The van der Waals surface area contributed by atoms with Gasteiger partial charge in [0.25, 0.3) is 0 Å². The van der Waals surface area contributed by atoms with E-state index in [1.54, 1.807) is 32.3 Å². The number of benzene rings is 6. The molecule has 4 aliphatic rings. The summed E-state index contributed by atoms with van der Waals surface area (Å²) in [5, 5.41) is 13.4. The van der Waals surface area contributed by atoms with Crippen LogP contribution in [0.4, 0.5) is 0 Å². The van der Waals surface area contributed by atoms with E-state index in [2.05, 4.69) is 279 Å². The Balaban J connectivity index is 0.000000151. The summed E-state index contributed by atoms with van der Waals surface area (Å²) in [4.78, 5) is 0. The van der Waals surface area contributed by atoms with Crippen LogP contribution in [0.3, 0.4) is 0 Å². The van der Waals surface area contributed by atoms with E-state index in [0.717, 1.165) is 40.3 Å². The minimum absolute atomic E-state index is 0.742. The van der Waals surface area contributed by atoms with Crippen LogP contribution in [-0.4, -0.2) is 24.2 Å². The largest absolute Gasteiger partial charge is 0.220 e. The molecule has 0 atom stereocenters. The Kier molecular flexibility index (Phi) is 23.9. The Labute approximate surface area is 605 Å². The number of rotatable bonds is 19. The van der Waals surface area contributed by atoms with Gasteiger partial charge in [0.05, 0.1) is 51.5 Å². The van der Waals surface area contributed by atoms with Crippen molar-refractivity contribution in [3.8, 4) is 33.8 Å². The maximum Gasteiger partial charge on any atom is 0.220 e. The fraction of sp³-hybridized carbons (Fsp3) is 0.516. The molecule has 13 rings (SSSR count). The summed E-state index contributed by atoms with van der Waals surface area (Å²) in [5.41, 5.74) is 22.9. The number of pyridine rings is 3. The predicted octanol–water partition coefficient (Wildman–Crippen LogP) is 24.2. The first kappa shape index (κ1) is 74.4. The lowest BCUT2D eigenvalue weighted by molar-refractivity contribution is -0.659. The van der Waals surface area contributed by atoms with Crippen molar-refractivity contribution in [1.29, 1.82) is 0 Å². The smallest absolute Gasteiger partial charge is 0.200 e. The molecule has 6 aromatic carbocycles. The number of hydrogen-bond acceptors (Lipinski definition) is 0. The standard InChI is InChI=1S/C34H48NSi.C30H42NSi.C29H40NSi/c1-7-36(8-2,24(3)4)30-17-18-31-28(21-30)19-20-35(6)34(31)33-23-29(26-13-9-10-14-26)22-32(25(33)5)27-15-11-12-16-27;1-8-32(9-2,21(3)4)27-14-15-28-25(19-27)16-17-31(7)30(28)29-20-26(18-22(5)23(29)6)24-12-10-11-13-24;1-7-31(8-2,21(3)4)26-15-16-27-25(19-26)17-18-30(6)29(27)28-20-24(14-13-22(28)5)23-11-9-10-12-23/h17-24,26-27H,7-16H2,1-6H3;14-21,24H,8-13H2,1-7H3;13-21,23H,7-12H2,1-6H3/q3*+1. The summed E-state index contributed by atoms with van der Waals surface area (Å²) in [5.74, 6) is 3.00. The van der Waals surface area contributed by atoms with Gasteiger partial charge in [-0.25, -0.2) is 13.7 Å². The Morgan fingerprint density at radius 2 is 0.636 bits per heavy atom. The highest BCUT2D eigenvalue weighted by atomic mass is 28.3. The van der Waals surface area contributed by atoms with E-state index in [0.29, 0.717) is 0 Å². The van der Waals surface area contributed by atoms with Crippen molar-refractivity contribution in [2.45, 2.75) is 290 Å². The molecule has 4 saturated carbocycles. The fourth-order valence-corrected chi connectivity index (χ4v) is 34.1. The van der Waals surface area contributed by atoms with E-state index in [9.17, 15) is 0 Å². The van der Waals surface area contributed by atoms with Gasteiger partial charge in [-0.1, -0.05) is 247 Å². The molecule has 0 aliphatic heterocycles. The third-order valence-corrected chi connectivity index (χ3v) is 46.3. The number of fused-ring (bicyclic) bond motifs is 3. The zero-order valence-electron chi connectivity index (χ0n) is 65.6. The SMILES string of the molecule is CC[Si](CC)(c1ccc2c(-c3cc(C4CCCC4)cc(C)c3C)[n+](C)ccc2c1)C(C)C.CC[Si](CC)(c1ccc2c(-c3cc(C4CCCC4)cc(C4CCCC4)c3C)[n+](C)ccc2c1)C(C)C.CC[Si](CC)(c1ccc2c(-c3cc(C4CCCC4)ccc3C)[n+](C)ccc2c1)C(C)C. The third kappa shape index (κ3) is 14.5. The molecular formula is C93H130N3Si3+3. The maximum atomic E-state index is 2.64. The van der Waals surface area contributed by atoms with Gasteiger partial charge in [0, 0.05) is 23.8 Å². The average Bonchev–Trinajstić information content (AvgIpc) is 1.60. The van der Waals surface area contributed by atoms with Gasteiger partial charge in [0.2, 0.25) is 17.1 Å². The molecule has 4 fully saturated rings. The molecule has 0 saturated heterocycles. The van der Waals surface area contributed by atoms with E-state index in [4.69, 9.17) is 0 Å². The predicted molar refractivity (Wildman–Crippen MR) is 440 cm³/mol. The van der Waals surface area contributed by atoms with Crippen molar-refractivity contribution in [3.63, 3.8) is 0 Å². The monoisotopic (exact) mass is 1370 g/mol. The van der Waals surface area contributed by atoms with E-state index in [1.807, 2.05) is 0 Å². The quantitative estimate of drug-likeness (QED) is 0.0565. The molecule has 0 N–H and O–H groups in total. The van der Waals surface area contributed by atoms with Crippen molar-refractivity contribution in [2.24, 2.45) is 21.1 Å². The van der Waals surface area contributed by atoms with Crippen molar-refractivity contribution in [1.82, 2.24) is 0 Å². The van der Waals surface area contributed by atoms with Gasteiger partial charge >= 0.3 is 0 Å². The zero-order chi connectivity index (χ0) is 70.7. The first-order valence-electron chi connectivity index (χ1n) is 40.3. The first-order chi connectivity index (χ1) is 47.6. The second-order valence-electron chi connectivity index (χ2n) is 33.1. The molecule has 0 amide bonds. The molecule has 526 valence electrons. The molecule has 4 aliphatic carbocycles. The summed E-state index contributed by atoms with van der Waals surface area (Å²) >= 11 is 0. The van der Waals surface area contributed by atoms with E-state index in [-0.39, 0.29) is 0 Å². The Bertz CT molecular complexity index is 4280. The summed E-state index contributed by atoms with van der Waals surface area (Å²) in [7, 11) is 2.23. The highest BCUT2D eigenvalue weighted by molar-refractivity contribution is 6.94. The van der Waals surface area contributed by atoms with Crippen LogP contribution < -0.4 is 29.3 Å². The van der Waals surface area contributed by atoms with Gasteiger partial charge in [-0.05, 0) is 216 Å². The van der Waals surface area contributed by atoms with Gasteiger partial charge in [0.15, 0.2) is 18.6 Å². The van der Waals surface area contributed by atoms with Gasteiger partial charge < -0.3 is 0 Å². The summed E-state index contributed by atoms with van der Waals surface area (Å²) in [6.45, 7) is 38.5. The van der Waals surface area contributed by atoms with Crippen LogP contribution in [-0.2, 0) is 21.1 Å². The molecule has 3 heterocycles. The van der Waals surface area contributed by atoms with Gasteiger partial charge in [0.1, 0.15) is 21.1 Å². The van der Waals surface area contributed by atoms with Gasteiger partial charge in [-0.3, -0.25) is 0 Å². The molecule has 9 aromatic rings. The molecule has 3 nitrogen and oxygen atoms in total. The first-order valence-corrected chi connectivity index (χ1v) is 47.8. The van der Waals surface area contributed by atoms with Crippen molar-refractivity contribution in [2.75, 3.05) is 0 Å². The highest BCUT2D eigenvalue weighted by Crippen LogP contribution is 2.46. The summed E-state index contributed by atoms with van der Waals surface area (Å²) < 4.78 is 7.07. The lowest BCUT2D eigenvalue weighted by Crippen LogP contribution is -2.49. The molecule has 6 heteroatoms. The number of aromatic nitrogens is 3. The van der Waals surface area contributed by atoms with Crippen LogP contribution in [0.5, 0.6) is 0 Å². The molecule has 0 unspecified atom stereocenters. The summed E-state index contributed by atoms with van der Waals surface area (Å²) in [6.07, 6.45) is 28.9. The fourth-order valence-electron chi connectivity index (χ4n) is 20.7.